The molecule has 27 nitrogen and oxygen atoms in total. The van der Waals surface area contributed by atoms with E-state index in [1.165, 1.54) is 12.3 Å². The third kappa shape index (κ3) is 34.6. The predicted molar refractivity (Wildman–Crippen MR) is 394 cm³/mol. The third-order valence-electron chi connectivity index (χ3n) is 15.7. The number of hydrogen-bond donors (Lipinski definition) is 13. The van der Waals surface area contributed by atoms with Crippen molar-refractivity contribution in [3.63, 3.8) is 0 Å². The van der Waals surface area contributed by atoms with E-state index in [-0.39, 0.29) is 75.6 Å². The first-order valence-corrected chi connectivity index (χ1v) is 35.3. The Morgan fingerprint density at radius 2 is 0.798 bits per heavy atom. The van der Waals surface area contributed by atoms with Crippen LogP contribution in [0.15, 0.2) is 140 Å². The molecule has 0 spiro atoms. The second-order valence-corrected chi connectivity index (χ2v) is 28.3. The van der Waals surface area contributed by atoms with Crippen LogP contribution in [0.5, 0.6) is 0 Å². The number of nitrogens with one attached hydrogen (secondary N) is 9. The zero-order chi connectivity index (χ0) is 76.9. The van der Waals surface area contributed by atoms with Crippen LogP contribution in [0.3, 0.4) is 0 Å². The van der Waals surface area contributed by atoms with Crippen molar-refractivity contribution >= 4 is 65.5 Å². The third-order valence-corrected chi connectivity index (χ3v) is 15.7. The van der Waals surface area contributed by atoms with Crippen LogP contribution in [-0.2, 0) is 80.1 Å². The fourth-order valence-electron chi connectivity index (χ4n) is 10.6. The number of carboxylic acids is 2. The summed E-state index contributed by atoms with van der Waals surface area (Å²) in [6.45, 7) is 18.6. The summed E-state index contributed by atoms with van der Waals surface area (Å²) in [5.74, 6) is -6.59. The number of alkyl carbamates (subject to hydrolysis) is 2. The Morgan fingerprint density at radius 3 is 1.22 bits per heavy atom. The number of ether oxygens (including phenoxy) is 2. The summed E-state index contributed by atoms with van der Waals surface area (Å²) < 4.78 is 10.6. The molecular formula is C77H108N12O15. The number of unbranched alkanes of at least 4 members (excludes halogenated alkanes) is 2. The van der Waals surface area contributed by atoms with E-state index in [2.05, 4.69) is 52.8 Å². The molecule has 4 aromatic carbocycles. The molecule has 566 valence electrons. The van der Waals surface area contributed by atoms with E-state index in [0.29, 0.717) is 44.2 Å². The van der Waals surface area contributed by atoms with E-state index in [9.17, 15) is 63.0 Å². The molecule has 27 heteroatoms. The van der Waals surface area contributed by atoms with Crippen LogP contribution in [0, 0.1) is 11.8 Å². The highest BCUT2D eigenvalue weighted by Gasteiger charge is 2.35. The number of nitrogens with two attached hydrogens (primary N) is 2. The summed E-state index contributed by atoms with van der Waals surface area (Å²) in [5, 5.41) is 43.7. The fourth-order valence-corrected chi connectivity index (χ4v) is 10.6. The van der Waals surface area contributed by atoms with Crippen molar-refractivity contribution < 1.29 is 72.4 Å². The number of hydrogen-bond acceptors (Lipinski definition) is 16. The molecule has 5 rings (SSSR count). The summed E-state index contributed by atoms with van der Waals surface area (Å²) in [5.41, 5.74) is 14.0. The first-order valence-electron chi connectivity index (χ1n) is 35.3. The lowest BCUT2D eigenvalue weighted by Crippen LogP contribution is -2.58. The van der Waals surface area contributed by atoms with Crippen LogP contribution >= 0.6 is 0 Å². The summed E-state index contributed by atoms with van der Waals surface area (Å²) in [7, 11) is 0. The number of nitrogens with zero attached hydrogens (tertiary/aromatic N) is 1. The SMILES string of the molecule is CC(C)C[C@@H](NC(=O)[C@@H](Cc1ccccc1)NC(=O)[C@@H](Cc1ccccc1)NC(=O)OC(C)(C)C)C(=O)N[C@H](CCCCNC(=O)OC(C)(C)C)C(=O)O.CC(C)C[C@@H](NC(=O)[C@@H](Cc1ccccc1)NC(=O)[C@H](N)Cc1ccccc1)C(=O)N[C@H](CCCCN)C(=O)NCc1ccnc(C(=O)O)c1. The molecule has 1 heterocycles. The molecule has 5 aromatic rings. The molecule has 0 bridgehead atoms. The van der Waals surface area contributed by atoms with E-state index in [1.807, 2.05) is 125 Å². The van der Waals surface area contributed by atoms with Crippen molar-refractivity contribution in [1.29, 1.82) is 0 Å². The van der Waals surface area contributed by atoms with E-state index in [0.717, 1.165) is 22.3 Å². The number of carbonyl (C=O) groups excluding carboxylic acids is 9. The summed E-state index contributed by atoms with van der Waals surface area (Å²) in [6.07, 6.45) is 3.41. The number of pyridine rings is 1. The largest absolute Gasteiger partial charge is 0.480 e. The predicted octanol–water partition coefficient (Wildman–Crippen LogP) is 6.48. The lowest BCUT2D eigenvalue weighted by atomic mass is 9.99. The number of aromatic nitrogens is 1. The maximum absolute atomic E-state index is 14.0. The average molecular weight is 1440 g/mol. The van der Waals surface area contributed by atoms with Gasteiger partial charge in [0.25, 0.3) is 0 Å². The van der Waals surface area contributed by atoms with Crippen LogP contribution in [0.2, 0.25) is 0 Å². The van der Waals surface area contributed by atoms with Gasteiger partial charge in [0.15, 0.2) is 0 Å². The smallest absolute Gasteiger partial charge is 0.408 e. The first kappa shape index (κ1) is 86.1. The zero-order valence-corrected chi connectivity index (χ0v) is 61.5. The van der Waals surface area contributed by atoms with Crippen LogP contribution in [0.25, 0.3) is 0 Å². The lowest BCUT2D eigenvalue weighted by Gasteiger charge is -2.27. The number of carboxylic acid groups (broad SMARTS) is 2. The minimum atomic E-state index is -1.25. The molecule has 0 radical (unpaired) electrons. The molecule has 0 aliphatic carbocycles. The molecule has 0 fully saturated rings. The van der Waals surface area contributed by atoms with E-state index in [4.69, 9.17) is 20.9 Å². The molecule has 9 amide bonds. The second-order valence-electron chi connectivity index (χ2n) is 28.3. The highest BCUT2D eigenvalue weighted by atomic mass is 16.6. The van der Waals surface area contributed by atoms with Gasteiger partial charge in [-0.05, 0) is 158 Å². The molecular weight excluding hydrogens is 1330 g/mol. The minimum absolute atomic E-state index is 0.00727. The van der Waals surface area contributed by atoms with E-state index in [1.54, 1.807) is 71.9 Å². The topological polar surface area (TPSA) is 420 Å². The number of carbonyl (C=O) groups is 11. The van der Waals surface area contributed by atoms with Crippen molar-refractivity contribution in [2.24, 2.45) is 23.3 Å². The van der Waals surface area contributed by atoms with Gasteiger partial charge in [0.1, 0.15) is 59.2 Å². The summed E-state index contributed by atoms with van der Waals surface area (Å²) in [6, 6.07) is 31.0. The number of aromatic carboxylic acids is 1. The molecule has 104 heavy (non-hydrogen) atoms. The highest BCUT2D eigenvalue weighted by molar-refractivity contribution is 5.96. The molecule has 0 unspecified atom stereocenters. The average Bonchev–Trinajstić information content (AvgIpc) is 0.514. The van der Waals surface area contributed by atoms with Crippen molar-refractivity contribution in [1.82, 2.24) is 52.8 Å². The van der Waals surface area contributed by atoms with Crippen LogP contribution in [-0.4, -0.2) is 153 Å². The van der Waals surface area contributed by atoms with Gasteiger partial charge in [0, 0.05) is 38.5 Å². The van der Waals surface area contributed by atoms with Crippen LogP contribution in [0.1, 0.15) is 159 Å². The van der Waals surface area contributed by atoms with Gasteiger partial charge in [0.05, 0.1) is 6.04 Å². The number of aliphatic carboxylic acids is 1. The Hall–Kier alpha value is -10.3. The molecule has 15 N–H and O–H groups in total. The fraction of sp³-hybridized carbons (Fsp3) is 0.481. The Kier molecular flexibility index (Phi) is 36.7. The zero-order valence-electron chi connectivity index (χ0n) is 61.5. The van der Waals surface area contributed by atoms with Crippen LogP contribution in [0.4, 0.5) is 9.59 Å². The van der Waals surface area contributed by atoms with Gasteiger partial charge >= 0.3 is 24.1 Å². The molecule has 0 saturated carbocycles. The van der Waals surface area contributed by atoms with Gasteiger partial charge in [-0.25, -0.2) is 24.2 Å². The Morgan fingerprint density at radius 1 is 0.423 bits per heavy atom. The van der Waals surface area contributed by atoms with Gasteiger partial charge in [-0.2, -0.15) is 0 Å². The van der Waals surface area contributed by atoms with Gasteiger partial charge in [-0.1, -0.05) is 149 Å². The molecule has 8 atom stereocenters. The molecule has 0 saturated heterocycles. The highest BCUT2D eigenvalue weighted by Crippen LogP contribution is 2.16. The molecule has 1 aromatic heterocycles. The monoisotopic (exact) mass is 1440 g/mol. The Balaban J connectivity index is 0.000000441. The maximum atomic E-state index is 14.0. The van der Waals surface area contributed by atoms with E-state index >= 15 is 0 Å². The second kappa shape index (κ2) is 44.3. The Labute approximate surface area is 610 Å². The lowest BCUT2D eigenvalue weighted by molar-refractivity contribution is -0.142. The van der Waals surface area contributed by atoms with Gasteiger partial charge in [-0.3, -0.25) is 33.6 Å². The number of amides is 9. The van der Waals surface area contributed by atoms with Crippen molar-refractivity contribution in [2.45, 2.75) is 212 Å². The van der Waals surface area contributed by atoms with Gasteiger partial charge in [0.2, 0.25) is 41.4 Å². The van der Waals surface area contributed by atoms with Gasteiger partial charge in [-0.15, -0.1) is 0 Å². The van der Waals surface area contributed by atoms with Gasteiger partial charge < -0.3 is 79.0 Å². The number of rotatable bonds is 39. The summed E-state index contributed by atoms with van der Waals surface area (Å²) >= 11 is 0. The molecule has 0 aliphatic rings. The normalized spacial score (nSPS) is 13.6. The van der Waals surface area contributed by atoms with Crippen molar-refractivity contribution in [3.8, 4) is 0 Å². The Bertz CT molecular complexity index is 3540. The first-order chi connectivity index (χ1) is 49.2. The molecule has 0 aliphatic heterocycles. The maximum Gasteiger partial charge on any atom is 0.408 e. The van der Waals surface area contributed by atoms with Crippen molar-refractivity contribution in [2.75, 3.05) is 13.1 Å². The van der Waals surface area contributed by atoms with Crippen LogP contribution < -0.4 is 59.3 Å². The number of benzene rings is 4. The van der Waals surface area contributed by atoms with E-state index < -0.39 is 125 Å². The quantitative estimate of drug-likeness (QED) is 0.0187. The standard InChI is InChI=1S/C40H59N5O9.C37H49N7O6/c1-26(2)23-30(33(46)42-29(36(49)50)21-15-16-22-41-37(51)53-39(3,4)5)43-34(47)31(24-27-17-11-9-12-18-27)44-35(48)32(25-28-19-13-10-14-20-28)45-38(52)54-40(6,7)8;1-24(2)19-30(35(47)42-29(15-9-10-17-38)34(46)41-23-27-16-18-40-32(22-27)37(49)50)44-36(48)31(21-26-13-7-4-8-14-26)43-33(45)28(39)20-25-11-5-3-6-12-25/h9-14,17-20,26,29-32H,15-16,21-25H2,1-8H3,(H,41,51)(H,42,46)(H,43,47)(H,44,48)(H,45,52)(H,49,50);3-8,11-14,16,18,22,24,28-31H,9-10,15,17,19-21,23,38-39H2,1-2H3,(H,41,46)(H,42,47)(H,43,45)(H,44,48)(H,49,50)/t29-,30-,31-,32-;28-,29-,30-,31-/m11/s1. The van der Waals surface area contributed by atoms with Crippen molar-refractivity contribution in [3.05, 3.63) is 173 Å². The minimum Gasteiger partial charge on any atom is -0.480 e. The summed E-state index contributed by atoms with van der Waals surface area (Å²) in [4.78, 5) is 148.